The molecule has 1 aromatic rings. The molecule has 0 saturated heterocycles. The summed E-state index contributed by atoms with van der Waals surface area (Å²) in [7, 11) is 0. The summed E-state index contributed by atoms with van der Waals surface area (Å²) >= 11 is 1.81. The number of hydrogen-bond donors (Lipinski definition) is 2. The molecule has 0 spiro atoms. The van der Waals surface area contributed by atoms with Crippen molar-refractivity contribution < 1.29 is 4.79 Å². The summed E-state index contributed by atoms with van der Waals surface area (Å²) in [5.74, 6) is 0.132. The lowest BCUT2D eigenvalue weighted by molar-refractivity contribution is 0.0947. The minimum absolute atomic E-state index is 0.187. The van der Waals surface area contributed by atoms with E-state index < -0.39 is 0 Å². The molecule has 5 nitrogen and oxygen atoms in total. The average molecular weight is 238 g/mol. The first-order chi connectivity index (χ1) is 7.65. The third-order valence-corrected chi connectivity index (χ3v) is 4.15. The molecule has 0 aliphatic heterocycles. The highest BCUT2D eigenvalue weighted by atomic mass is 32.2. The van der Waals surface area contributed by atoms with Gasteiger partial charge >= 0.3 is 0 Å². The molecule has 6 heteroatoms. The van der Waals surface area contributed by atoms with Gasteiger partial charge in [-0.2, -0.15) is 11.8 Å². The third kappa shape index (κ3) is 2.44. The number of hydrogen-bond acceptors (Lipinski definition) is 5. The van der Waals surface area contributed by atoms with Crippen LogP contribution in [0.1, 0.15) is 23.3 Å². The van der Waals surface area contributed by atoms with Crippen molar-refractivity contribution in [1.29, 1.82) is 0 Å². The van der Waals surface area contributed by atoms with Crippen LogP contribution in [0.25, 0.3) is 0 Å². The summed E-state index contributed by atoms with van der Waals surface area (Å²) in [5.41, 5.74) is 5.70. The number of thioether (sulfide) groups is 1. The first-order valence-electron chi connectivity index (χ1n) is 5.08. The van der Waals surface area contributed by atoms with Crippen molar-refractivity contribution in [2.24, 2.45) is 0 Å². The number of amides is 1. The monoisotopic (exact) mass is 238 g/mol. The van der Waals surface area contributed by atoms with E-state index in [1.54, 1.807) is 12.1 Å². The maximum absolute atomic E-state index is 11.7. The van der Waals surface area contributed by atoms with Crippen LogP contribution in [-0.4, -0.2) is 33.7 Å². The number of nitrogens with one attached hydrogen (secondary N) is 1. The number of carbonyl (C=O) groups excluding carboxylic acids is 1. The fourth-order valence-corrected chi connectivity index (χ4v) is 2.11. The minimum atomic E-state index is -0.187. The van der Waals surface area contributed by atoms with Crippen LogP contribution < -0.4 is 11.1 Å². The summed E-state index contributed by atoms with van der Waals surface area (Å²) in [6.45, 7) is 0.694. The molecule has 0 unspecified atom stereocenters. The van der Waals surface area contributed by atoms with E-state index in [-0.39, 0.29) is 10.7 Å². The molecular formula is C10H14N4OS. The van der Waals surface area contributed by atoms with Crippen molar-refractivity contribution in [2.45, 2.75) is 17.6 Å². The lowest BCUT2D eigenvalue weighted by atomic mass is 10.3. The molecule has 16 heavy (non-hydrogen) atoms. The summed E-state index contributed by atoms with van der Waals surface area (Å²) in [6.07, 6.45) is 4.41. The number of anilines is 1. The Morgan fingerprint density at radius 3 is 2.81 bits per heavy atom. The van der Waals surface area contributed by atoms with Gasteiger partial charge in [0, 0.05) is 11.3 Å². The van der Waals surface area contributed by atoms with Gasteiger partial charge in [0.2, 0.25) is 0 Å². The van der Waals surface area contributed by atoms with E-state index in [1.807, 2.05) is 11.8 Å². The average Bonchev–Trinajstić information content (AvgIpc) is 3.08. The zero-order valence-electron chi connectivity index (χ0n) is 9.06. The van der Waals surface area contributed by atoms with Crippen LogP contribution in [0.3, 0.4) is 0 Å². The Kier molecular flexibility index (Phi) is 3.00. The van der Waals surface area contributed by atoms with Gasteiger partial charge in [0.05, 0.1) is 0 Å². The van der Waals surface area contributed by atoms with E-state index >= 15 is 0 Å². The SMILES string of the molecule is CSC1(CNC(=O)c2ccc(N)nn2)CC1. The highest BCUT2D eigenvalue weighted by Gasteiger charge is 2.41. The van der Waals surface area contributed by atoms with Crippen molar-refractivity contribution >= 4 is 23.5 Å². The number of aromatic nitrogens is 2. The molecule has 1 amide bonds. The van der Waals surface area contributed by atoms with Gasteiger partial charge < -0.3 is 11.1 Å². The molecule has 1 fully saturated rings. The number of rotatable bonds is 4. The maximum Gasteiger partial charge on any atom is 0.271 e. The molecule has 0 bridgehead atoms. The van der Waals surface area contributed by atoms with E-state index in [0.29, 0.717) is 18.1 Å². The lowest BCUT2D eigenvalue weighted by Gasteiger charge is -2.12. The van der Waals surface area contributed by atoms with Crippen LogP contribution in [0.4, 0.5) is 5.82 Å². The number of carbonyl (C=O) groups is 1. The zero-order chi connectivity index (χ0) is 11.6. The summed E-state index contributed by atoms with van der Waals surface area (Å²) in [4.78, 5) is 11.7. The van der Waals surface area contributed by atoms with Crippen LogP contribution in [0.5, 0.6) is 0 Å². The van der Waals surface area contributed by atoms with E-state index in [0.717, 1.165) is 0 Å². The highest BCUT2D eigenvalue weighted by Crippen LogP contribution is 2.46. The van der Waals surface area contributed by atoms with Crippen LogP contribution >= 0.6 is 11.8 Å². The van der Waals surface area contributed by atoms with Gasteiger partial charge in [-0.15, -0.1) is 10.2 Å². The Morgan fingerprint density at radius 1 is 1.56 bits per heavy atom. The lowest BCUT2D eigenvalue weighted by Crippen LogP contribution is -2.32. The molecule has 1 saturated carbocycles. The molecule has 1 heterocycles. The van der Waals surface area contributed by atoms with Gasteiger partial charge in [-0.3, -0.25) is 4.79 Å². The largest absolute Gasteiger partial charge is 0.382 e. The Balaban J connectivity index is 1.91. The molecule has 0 atom stereocenters. The molecular weight excluding hydrogens is 224 g/mol. The Labute approximate surface area is 98.2 Å². The maximum atomic E-state index is 11.7. The second-order valence-corrected chi connectivity index (χ2v) is 5.19. The molecule has 86 valence electrons. The van der Waals surface area contributed by atoms with Crippen molar-refractivity contribution in [3.05, 3.63) is 17.8 Å². The molecule has 0 radical (unpaired) electrons. The van der Waals surface area contributed by atoms with Crippen LogP contribution in [0.2, 0.25) is 0 Å². The normalized spacial score (nSPS) is 16.8. The fraction of sp³-hybridized carbons (Fsp3) is 0.500. The second kappa shape index (κ2) is 4.29. The standard InChI is InChI=1S/C10H14N4OS/c1-16-10(4-5-10)6-12-9(15)7-2-3-8(11)14-13-7/h2-3H,4-6H2,1H3,(H2,11,14)(H,12,15). The molecule has 1 aliphatic carbocycles. The minimum Gasteiger partial charge on any atom is -0.382 e. The Hall–Kier alpha value is -1.30. The molecule has 0 aromatic carbocycles. The predicted molar refractivity (Wildman–Crippen MR) is 64.3 cm³/mol. The molecule has 1 aliphatic rings. The van der Waals surface area contributed by atoms with E-state index in [1.165, 1.54) is 12.8 Å². The number of nitrogens with zero attached hydrogens (tertiary/aromatic N) is 2. The van der Waals surface area contributed by atoms with Gasteiger partial charge in [0.25, 0.3) is 5.91 Å². The topological polar surface area (TPSA) is 80.9 Å². The first kappa shape index (κ1) is 11.2. The number of nitrogen functional groups attached to an aromatic ring is 1. The van der Waals surface area contributed by atoms with E-state index in [9.17, 15) is 4.79 Å². The van der Waals surface area contributed by atoms with Gasteiger partial charge in [-0.05, 0) is 31.2 Å². The Morgan fingerprint density at radius 2 is 2.31 bits per heavy atom. The van der Waals surface area contributed by atoms with Crippen molar-refractivity contribution in [3.63, 3.8) is 0 Å². The van der Waals surface area contributed by atoms with Gasteiger partial charge in [-0.1, -0.05) is 0 Å². The Bertz CT molecular complexity index is 388. The highest BCUT2D eigenvalue weighted by molar-refractivity contribution is 8.00. The van der Waals surface area contributed by atoms with Crippen LogP contribution in [0, 0.1) is 0 Å². The number of nitrogens with two attached hydrogens (primary N) is 1. The summed E-state index contributed by atoms with van der Waals surface area (Å²) in [5, 5.41) is 10.2. The second-order valence-electron chi connectivity index (χ2n) is 3.91. The van der Waals surface area contributed by atoms with Crippen molar-refractivity contribution in [2.75, 3.05) is 18.5 Å². The van der Waals surface area contributed by atoms with Gasteiger partial charge in [-0.25, -0.2) is 0 Å². The van der Waals surface area contributed by atoms with Gasteiger partial charge in [0.15, 0.2) is 5.69 Å². The van der Waals surface area contributed by atoms with E-state index in [2.05, 4.69) is 21.8 Å². The molecule has 1 aromatic heterocycles. The van der Waals surface area contributed by atoms with Crippen LogP contribution in [-0.2, 0) is 0 Å². The molecule has 3 N–H and O–H groups in total. The predicted octanol–water partition coefficient (Wildman–Crippen LogP) is 0.684. The fourth-order valence-electron chi connectivity index (χ4n) is 1.39. The third-order valence-electron chi connectivity index (χ3n) is 2.73. The van der Waals surface area contributed by atoms with E-state index in [4.69, 9.17) is 5.73 Å². The van der Waals surface area contributed by atoms with Gasteiger partial charge in [0.1, 0.15) is 5.82 Å². The quantitative estimate of drug-likeness (QED) is 0.806. The zero-order valence-corrected chi connectivity index (χ0v) is 9.88. The molecule has 2 rings (SSSR count). The van der Waals surface area contributed by atoms with Crippen molar-refractivity contribution in [3.8, 4) is 0 Å². The van der Waals surface area contributed by atoms with Crippen molar-refractivity contribution in [1.82, 2.24) is 15.5 Å². The summed E-state index contributed by atoms with van der Waals surface area (Å²) in [6, 6.07) is 3.15. The van der Waals surface area contributed by atoms with Crippen LogP contribution in [0.15, 0.2) is 12.1 Å². The summed E-state index contributed by atoms with van der Waals surface area (Å²) < 4.78 is 0.261. The smallest absolute Gasteiger partial charge is 0.271 e. The first-order valence-corrected chi connectivity index (χ1v) is 6.30.